The lowest BCUT2D eigenvalue weighted by atomic mass is 10.4. The molecular formula is C9H16N3O3PS. The summed E-state index contributed by atoms with van der Waals surface area (Å²) in [5.74, 6) is 0.584. The van der Waals surface area contributed by atoms with Crippen LogP contribution in [0.4, 0.5) is 5.95 Å². The van der Waals surface area contributed by atoms with Crippen molar-refractivity contribution in [2.24, 2.45) is 0 Å². The highest BCUT2D eigenvalue weighted by atomic mass is 32.5. The Morgan fingerprint density at radius 1 is 1.35 bits per heavy atom. The SMILES string of the molecule is CCN(CC)c1nc(C)cc(OP(O)(O)=S)n1. The molecule has 6 nitrogen and oxygen atoms in total. The molecule has 0 aliphatic carbocycles. The van der Waals surface area contributed by atoms with Crippen LogP contribution in [0.1, 0.15) is 19.5 Å². The molecule has 8 heteroatoms. The largest absolute Gasteiger partial charge is 0.406 e. The minimum atomic E-state index is -3.75. The standard InChI is InChI=1S/C9H16N3O3PS/c1-4-12(5-2)9-10-7(3)6-8(11-9)15-16(13,14)17/h6H,4-5H2,1-3H3,(H2,13,14,17). The van der Waals surface area contributed by atoms with Crippen LogP contribution in [0.15, 0.2) is 6.07 Å². The lowest BCUT2D eigenvalue weighted by molar-refractivity contribution is 0.364. The summed E-state index contributed by atoms with van der Waals surface area (Å²) < 4.78 is 4.82. The van der Waals surface area contributed by atoms with Crippen molar-refractivity contribution in [2.75, 3.05) is 18.0 Å². The smallest absolute Gasteiger partial charge is 0.376 e. The number of aryl methyl sites for hydroxylation is 1. The Hall–Kier alpha value is -0.750. The van der Waals surface area contributed by atoms with E-state index in [0.717, 1.165) is 13.1 Å². The fraction of sp³-hybridized carbons (Fsp3) is 0.556. The van der Waals surface area contributed by atoms with E-state index in [1.165, 1.54) is 6.07 Å². The molecule has 1 rings (SSSR count). The van der Waals surface area contributed by atoms with E-state index < -0.39 is 6.72 Å². The molecule has 0 bridgehead atoms. The summed E-state index contributed by atoms with van der Waals surface area (Å²) >= 11 is 4.40. The zero-order valence-corrected chi connectivity index (χ0v) is 11.7. The topological polar surface area (TPSA) is 78.7 Å². The van der Waals surface area contributed by atoms with Gasteiger partial charge < -0.3 is 19.2 Å². The molecule has 0 spiro atoms. The van der Waals surface area contributed by atoms with Crippen LogP contribution in [-0.4, -0.2) is 32.8 Å². The van der Waals surface area contributed by atoms with Gasteiger partial charge in [-0.2, -0.15) is 4.98 Å². The van der Waals surface area contributed by atoms with Gasteiger partial charge in [0.15, 0.2) is 0 Å². The minimum Gasteiger partial charge on any atom is -0.406 e. The van der Waals surface area contributed by atoms with E-state index in [1.807, 2.05) is 18.7 Å². The number of hydrogen-bond donors (Lipinski definition) is 2. The van der Waals surface area contributed by atoms with Gasteiger partial charge >= 0.3 is 6.72 Å². The maximum Gasteiger partial charge on any atom is 0.376 e. The molecule has 0 fully saturated rings. The fourth-order valence-electron chi connectivity index (χ4n) is 1.34. The molecule has 0 radical (unpaired) electrons. The highest BCUT2D eigenvalue weighted by molar-refractivity contribution is 8.06. The van der Waals surface area contributed by atoms with Crippen LogP contribution in [0.2, 0.25) is 0 Å². The highest BCUT2D eigenvalue weighted by Gasteiger charge is 2.14. The Bertz CT molecular complexity index is 433. The second-order valence-electron chi connectivity index (χ2n) is 3.40. The van der Waals surface area contributed by atoms with Crippen LogP contribution in [0, 0.1) is 6.92 Å². The molecule has 1 aromatic rings. The number of aromatic nitrogens is 2. The quantitative estimate of drug-likeness (QED) is 0.783. The van der Waals surface area contributed by atoms with Gasteiger partial charge in [0.25, 0.3) is 0 Å². The molecule has 96 valence electrons. The van der Waals surface area contributed by atoms with Gasteiger partial charge in [0, 0.05) is 36.7 Å². The molecule has 0 atom stereocenters. The van der Waals surface area contributed by atoms with Crippen LogP contribution in [0.3, 0.4) is 0 Å². The second-order valence-corrected chi connectivity index (χ2v) is 5.99. The van der Waals surface area contributed by atoms with Crippen molar-refractivity contribution in [3.8, 4) is 5.88 Å². The Balaban J connectivity index is 3.05. The van der Waals surface area contributed by atoms with E-state index in [1.54, 1.807) is 6.92 Å². The molecular weight excluding hydrogens is 261 g/mol. The van der Waals surface area contributed by atoms with Crippen LogP contribution < -0.4 is 9.42 Å². The predicted octanol–water partition coefficient (Wildman–Crippen LogP) is 1.22. The Morgan fingerprint density at radius 2 is 1.94 bits per heavy atom. The van der Waals surface area contributed by atoms with Gasteiger partial charge in [-0.25, -0.2) is 4.98 Å². The average molecular weight is 277 g/mol. The molecule has 0 amide bonds. The molecule has 0 saturated heterocycles. The van der Waals surface area contributed by atoms with Crippen molar-refractivity contribution in [3.05, 3.63) is 11.8 Å². The van der Waals surface area contributed by atoms with Crippen molar-refractivity contribution in [1.82, 2.24) is 9.97 Å². The van der Waals surface area contributed by atoms with Gasteiger partial charge in [-0.3, -0.25) is 0 Å². The second kappa shape index (κ2) is 5.73. The normalized spacial score (nSPS) is 11.4. The lowest BCUT2D eigenvalue weighted by Gasteiger charge is -2.19. The maximum absolute atomic E-state index is 9.09. The first kappa shape index (κ1) is 14.3. The number of rotatable bonds is 5. The minimum absolute atomic E-state index is 0.0905. The molecule has 0 aliphatic rings. The van der Waals surface area contributed by atoms with Crippen molar-refractivity contribution in [3.63, 3.8) is 0 Å². The molecule has 17 heavy (non-hydrogen) atoms. The van der Waals surface area contributed by atoms with Crippen LogP contribution in [0.25, 0.3) is 0 Å². The average Bonchev–Trinajstić information content (AvgIpc) is 2.15. The van der Waals surface area contributed by atoms with E-state index in [4.69, 9.17) is 14.3 Å². The number of anilines is 1. The van der Waals surface area contributed by atoms with Crippen molar-refractivity contribution >= 4 is 24.5 Å². The molecule has 0 aliphatic heterocycles. The lowest BCUT2D eigenvalue weighted by Crippen LogP contribution is -2.24. The molecule has 1 heterocycles. The van der Waals surface area contributed by atoms with E-state index in [0.29, 0.717) is 11.6 Å². The Labute approximate surface area is 106 Å². The van der Waals surface area contributed by atoms with Gasteiger partial charge in [-0.15, -0.1) is 0 Å². The third-order valence-electron chi connectivity index (χ3n) is 2.08. The molecule has 0 aromatic carbocycles. The summed E-state index contributed by atoms with van der Waals surface area (Å²) in [5.41, 5.74) is 0.681. The maximum atomic E-state index is 9.09. The Morgan fingerprint density at radius 3 is 2.41 bits per heavy atom. The van der Waals surface area contributed by atoms with Gasteiger partial charge in [-0.1, -0.05) is 0 Å². The van der Waals surface area contributed by atoms with Gasteiger partial charge in [-0.05, 0) is 20.8 Å². The summed E-state index contributed by atoms with van der Waals surface area (Å²) in [6.07, 6.45) is 0. The summed E-state index contributed by atoms with van der Waals surface area (Å²) in [5, 5.41) is 0. The third kappa shape index (κ3) is 4.55. The van der Waals surface area contributed by atoms with Crippen LogP contribution in [0.5, 0.6) is 5.88 Å². The first-order chi connectivity index (χ1) is 7.85. The summed E-state index contributed by atoms with van der Waals surface area (Å²) in [6, 6.07) is 1.51. The molecule has 0 unspecified atom stereocenters. The molecule has 2 N–H and O–H groups in total. The fourth-order valence-corrected chi connectivity index (χ4v) is 1.91. The number of hydrogen-bond acceptors (Lipinski definition) is 5. The van der Waals surface area contributed by atoms with E-state index in [9.17, 15) is 0 Å². The van der Waals surface area contributed by atoms with E-state index in [-0.39, 0.29) is 5.88 Å². The highest BCUT2D eigenvalue weighted by Crippen LogP contribution is 2.37. The van der Waals surface area contributed by atoms with Crippen molar-refractivity contribution in [2.45, 2.75) is 20.8 Å². The molecule has 1 aromatic heterocycles. The van der Waals surface area contributed by atoms with E-state index in [2.05, 4.69) is 21.8 Å². The zero-order chi connectivity index (χ0) is 13.1. The summed E-state index contributed by atoms with van der Waals surface area (Å²) in [7, 11) is 0. The predicted molar refractivity (Wildman–Crippen MR) is 69.7 cm³/mol. The zero-order valence-electron chi connectivity index (χ0n) is 9.99. The van der Waals surface area contributed by atoms with Gasteiger partial charge in [0.1, 0.15) is 0 Å². The van der Waals surface area contributed by atoms with Gasteiger partial charge in [0.05, 0.1) is 0 Å². The van der Waals surface area contributed by atoms with Gasteiger partial charge in [0.2, 0.25) is 11.8 Å². The first-order valence-corrected chi connectivity index (χ1v) is 7.84. The monoisotopic (exact) mass is 277 g/mol. The van der Waals surface area contributed by atoms with Crippen LogP contribution >= 0.6 is 6.72 Å². The molecule has 0 saturated carbocycles. The van der Waals surface area contributed by atoms with Crippen molar-refractivity contribution < 1.29 is 14.3 Å². The Kier molecular flexibility index (Phi) is 4.82. The summed E-state index contributed by atoms with van der Waals surface area (Å²) in [6.45, 7) is 3.51. The summed E-state index contributed by atoms with van der Waals surface area (Å²) in [4.78, 5) is 28.5. The van der Waals surface area contributed by atoms with Crippen LogP contribution in [-0.2, 0) is 11.8 Å². The first-order valence-electron chi connectivity index (χ1n) is 5.21. The third-order valence-corrected chi connectivity index (χ3v) is 2.73. The van der Waals surface area contributed by atoms with Crippen molar-refractivity contribution in [1.29, 1.82) is 0 Å². The van der Waals surface area contributed by atoms with E-state index >= 15 is 0 Å². The number of nitrogens with zero attached hydrogens (tertiary/aromatic N) is 3.